The first-order valence-corrected chi connectivity index (χ1v) is 6.94. The van der Waals surface area contributed by atoms with Gasteiger partial charge in [0.2, 0.25) is 0 Å². The highest BCUT2D eigenvalue weighted by Gasteiger charge is 2.39. The molecule has 2 aliphatic rings. The number of hydrogen-bond acceptors (Lipinski definition) is 3. The second-order valence-corrected chi connectivity index (χ2v) is 5.49. The van der Waals surface area contributed by atoms with Gasteiger partial charge in [0.1, 0.15) is 0 Å². The van der Waals surface area contributed by atoms with Crippen LogP contribution in [-0.2, 0) is 17.6 Å². The summed E-state index contributed by atoms with van der Waals surface area (Å²) in [6.45, 7) is 4.60. The standard InChI is InChI=1S/C15H22N2O/c16-11-15(7-10-18-12-15)17-8-5-13-3-1-2-4-14(13)6-9-17/h1-4H,5-12,16H2. The van der Waals surface area contributed by atoms with Crippen molar-refractivity contribution in [3.8, 4) is 0 Å². The van der Waals surface area contributed by atoms with Crippen molar-refractivity contribution in [1.29, 1.82) is 0 Å². The molecule has 0 saturated carbocycles. The molecule has 1 aromatic rings. The Morgan fingerprint density at radius 1 is 1.17 bits per heavy atom. The minimum atomic E-state index is 0.0992. The molecule has 2 heterocycles. The molecule has 3 heteroatoms. The molecule has 1 saturated heterocycles. The first kappa shape index (κ1) is 12.2. The molecule has 98 valence electrons. The number of nitrogens with two attached hydrogens (primary N) is 1. The molecule has 0 radical (unpaired) electrons. The van der Waals surface area contributed by atoms with Gasteiger partial charge in [-0.25, -0.2) is 0 Å². The van der Waals surface area contributed by atoms with Gasteiger partial charge in [0, 0.05) is 26.2 Å². The highest BCUT2D eigenvalue weighted by Crippen LogP contribution is 2.28. The summed E-state index contributed by atoms with van der Waals surface area (Å²) >= 11 is 0. The average molecular weight is 246 g/mol. The van der Waals surface area contributed by atoms with Crippen LogP contribution < -0.4 is 5.73 Å². The van der Waals surface area contributed by atoms with Crippen molar-refractivity contribution >= 4 is 0 Å². The van der Waals surface area contributed by atoms with Crippen molar-refractivity contribution in [2.45, 2.75) is 24.8 Å². The van der Waals surface area contributed by atoms with Crippen LogP contribution in [-0.4, -0.2) is 43.3 Å². The molecule has 0 aromatic heterocycles. The minimum absolute atomic E-state index is 0.0992. The van der Waals surface area contributed by atoms with E-state index in [2.05, 4.69) is 29.2 Å². The molecule has 1 fully saturated rings. The summed E-state index contributed by atoms with van der Waals surface area (Å²) in [6, 6.07) is 8.82. The predicted molar refractivity (Wildman–Crippen MR) is 72.6 cm³/mol. The summed E-state index contributed by atoms with van der Waals surface area (Å²) in [5, 5.41) is 0. The van der Waals surface area contributed by atoms with E-state index in [1.165, 1.54) is 11.1 Å². The van der Waals surface area contributed by atoms with Crippen LogP contribution in [0.4, 0.5) is 0 Å². The summed E-state index contributed by atoms with van der Waals surface area (Å²) in [7, 11) is 0. The van der Waals surface area contributed by atoms with E-state index in [0.29, 0.717) is 6.54 Å². The molecular weight excluding hydrogens is 224 g/mol. The maximum Gasteiger partial charge on any atom is 0.0663 e. The first-order chi connectivity index (χ1) is 8.84. The summed E-state index contributed by atoms with van der Waals surface area (Å²) in [6.07, 6.45) is 3.36. The Balaban J connectivity index is 1.78. The highest BCUT2D eigenvalue weighted by atomic mass is 16.5. The van der Waals surface area contributed by atoms with Crippen LogP contribution in [0, 0.1) is 0 Å². The van der Waals surface area contributed by atoms with Crippen LogP contribution in [0.15, 0.2) is 24.3 Å². The number of hydrogen-bond donors (Lipinski definition) is 1. The maximum atomic E-state index is 6.03. The van der Waals surface area contributed by atoms with Crippen molar-refractivity contribution < 1.29 is 4.74 Å². The molecule has 0 amide bonds. The largest absolute Gasteiger partial charge is 0.379 e. The average Bonchev–Trinajstić information content (AvgIpc) is 2.80. The molecule has 1 unspecified atom stereocenters. The molecule has 3 rings (SSSR count). The maximum absolute atomic E-state index is 6.03. The number of ether oxygens (including phenoxy) is 1. The Kier molecular flexibility index (Phi) is 3.37. The lowest BCUT2D eigenvalue weighted by atomic mass is 9.96. The van der Waals surface area contributed by atoms with Crippen LogP contribution in [0.1, 0.15) is 17.5 Å². The van der Waals surface area contributed by atoms with Crippen LogP contribution >= 0.6 is 0 Å². The topological polar surface area (TPSA) is 38.5 Å². The minimum Gasteiger partial charge on any atom is -0.379 e. The van der Waals surface area contributed by atoms with E-state index in [9.17, 15) is 0 Å². The zero-order valence-electron chi connectivity index (χ0n) is 10.9. The summed E-state index contributed by atoms with van der Waals surface area (Å²) < 4.78 is 5.60. The normalized spacial score (nSPS) is 28.9. The third kappa shape index (κ3) is 2.07. The van der Waals surface area contributed by atoms with E-state index in [4.69, 9.17) is 10.5 Å². The third-order valence-corrected chi connectivity index (χ3v) is 4.55. The lowest BCUT2D eigenvalue weighted by Gasteiger charge is -2.38. The summed E-state index contributed by atoms with van der Waals surface area (Å²) in [4.78, 5) is 2.57. The molecule has 18 heavy (non-hydrogen) atoms. The van der Waals surface area contributed by atoms with E-state index >= 15 is 0 Å². The Bertz CT molecular complexity index is 386. The predicted octanol–water partition coefficient (Wildman–Crippen LogP) is 1.20. The molecule has 2 aliphatic heterocycles. The van der Waals surface area contributed by atoms with Crippen molar-refractivity contribution in [2.75, 3.05) is 32.8 Å². The molecule has 2 N–H and O–H groups in total. The quantitative estimate of drug-likeness (QED) is 0.852. The second-order valence-electron chi connectivity index (χ2n) is 5.49. The molecule has 1 aromatic carbocycles. The number of nitrogens with zero attached hydrogens (tertiary/aromatic N) is 1. The van der Waals surface area contributed by atoms with E-state index in [1.54, 1.807) is 0 Å². The van der Waals surface area contributed by atoms with Crippen molar-refractivity contribution in [1.82, 2.24) is 4.90 Å². The second kappa shape index (κ2) is 5.00. The van der Waals surface area contributed by atoms with Gasteiger partial charge < -0.3 is 10.5 Å². The van der Waals surface area contributed by atoms with Gasteiger partial charge in [-0.3, -0.25) is 4.90 Å². The summed E-state index contributed by atoms with van der Waals surface area (Å²) in [5.74, 6) is 0. The van der Waals surface area contributed by atoms with Gasteiger partial charge in [0.05, 0.1) is 12.1 Å². The monoisotopic (exact) mass is 246 g/mol. The number of rotatable bonds is 2. The molecule has 1 atom stereocenters. The highest BCUT2D eigenvalue weighted by molar-refractivity contribution is 5.29. The van der Waals surface area contributed by atoms with Gasteiger partial charge in [-0.15, -0.1) is 0 Å². The van der Waals surface area contributed by atoms with Crippen molar-refractivity contribution in [3.05, 3.63) is 35.4 Å². The van der Waals surface area contributed by atoms with Crippen LogP contribution in [0.25, 0.3) is 0 Å². The first-order valence-electron chi connectivity index (χ1n) is 6.94. The van der Waals surface area contributed by atoms with Gasteiger partial charge in [-0.05, 0) is 30.4 Å². The number of benzene rings is 1. The zero-order valence-corrected chi connectivity index (χ0v) is 10.9. The Morgan fingerprint density at radius 3 is 2.33 bits per heavy atom. The van der Waals surface area contributed by atoms with E-state index in [-0.39, 0.29) is 5.54 Å². The van der Waals surface area contributed by atoms with E-state index in [1.807, 2.05) is 0 Å². The zero-order chi connectivity index (χ0) is 12.4. The smallest absolute Gasteiger partial charge is 0.0663 e. The van der Waals surface area contributed by atoms with Gasteiger partial charge >= 0.3 is 0 Å². The van der Waals surface area contributed by atoms with Crippen molar-refractivity contribution in [3.63, 3.8) is 0 Å². The van der Waals surface area contributed by atoms with Gasteiger partial charge in [0.15, 0.2) is 0 Å². The SMILES string of the molecule is NCC1(N2CCc3ccccc3CC2)CCOC1. The molecule has 3 nitrogen and oxygen atoms in total. The number of fused-ring (bicyclic) bond motifs is 1. The lowest BCUT2D eigenvalue weighted by Crippen LogP contribution is -2.55. The third-order valence-electron chi connectivity index (χ3n) is 4.55. The summed E-state index contributed by atoms with van der Waals surface area (Å²) in [5.41, 5.74) is 9.14. The van der Waals surface area contributed by atoms with Gasteiger partial charge in [-0.2, -0.15) is 0 Å². The Labute approximate surface area is 109 Å². The van der Waals surface area contributed by atoms with Gasteiger partial charge in [0.25, 0.3) is 0 Å². The van der Waals surface area contributed by atoms with Crippen LogP contribution in [0.3, 0.4) is 0 Å². The molecular formula is C15H22N2O. The van der Waals surface area contributed by atoms with E-state index < -0.39 is 0 Å². The van der Waals surface area contributed by atoms with E-state index in [0.717, 1.165) is 45.6 Å². The fourth-order valence-corrected chi connectivity index (χ4v) is 3.28. The molecule has 0 aliphatic carbocycles. The lowest BCUT2D eigenvalue weighted by molar-refractivity contribution is 0.0754. The fraction of sp³-hybridized carbons (Fsp3) is 0.600. The Morgan fingerprint density at radius 2 is 1.83 bits per heavy atom. The van der Waals surface area contributed by atoms with Crippen LogP contribution in [0.2, 0.25) is 0 Å². The van der Waals surface area contributed by atoms with Gasteiger partial charge in [-0.1, -0.05) is 24.3 Å². The molecule has 0 bridgehead atoms. The fourth-order valence-electron chi connectivity index (χ4n) is 3.28. The molecule has 0 spiro atoms. The van der Waals surface area contributed by atoms with Crippen LogP contribution in [0.5, 0.6) is 0 Å². The Hall–Kier alpha value is -0.900. The van der Waals surface area contributed by atoms with Crippen molar-refractivity contribution in [2.24, 2.45) is 5.73 Å².